The summed E-state index contributed by atoms with van der Waals surface area (Å²) in [5.41, 5.74) is 4.07. The van der Waals surface area contributed by atoms with E-state index in [0.29, 0.717) is 6.04 Å². The first-order valence-electron chi connectivity index (χ1n) is 5.71. The highest BCUT2D eigenvalue weighted by Gasteiger charge is 2.06. The minimum absolute atomic E-state index is 0.527. The number of hydrogen-bond acceptors (Lipinski definition) is 2. The molecule has 1 N–H and O–H groups in total. The lowest BCUT2D eigenvalue weighted by atomic mass is 10.0. The first kappa shape index (κ1) is 13.1. The summed E-state index contributed by atoms with van der Waals surface area (Å²) in [7, 11) is 0. The van der Waals surface area contributed by atoms with Gasteiger partial charge in [0.2, 0.25) is 0 Å². The summed E-state index contributed by atoms with van der Waals surface area (Å²) in [5, 5.41) is 7.95. The van der Waals surface area contributed by atoms with Crippen LogP contribution in [-0.2, 0) is 6.54 Å². The molecule has 0 aliphatic carbocycles. The average Bonchev–Trinajstić information content (AvgIpc) is 2.75. The number of rotatable bonds is 4. The third kappa shape index (κ3) is 3.53. The minimum atomic E-state index is 0.527. The van der Waals surface area contributed by atoms with Crippen molar-refractivity contribution in [3.05, 3.63) is 44.2 Å². The van der Waals surface area contributed by atoms with Gasteiger partial charge in [-0.05, 0) is 62.2 Å². The maximum absolute atomic E-state index is 3.47. The van der Waals surface area contributed by atoms with Crippen molar-refractivity contribution in [3.8, 4) is 11.1 Å². The molecule has 2 aromatic rings. The molecule has 0 unspecified atom stereocenters. The SMILES string of the molecule is CC(C)NCc1cscc1-c1ccc(I)cc1. The fraction of sp³-hybridized carbons (Fsp3) is 0.286. The first-order chi connectivity index (χ1) is 8.16. The maximum atomic E-state index is 3.47. The van der Waals surface area contributed by atoms with Crippen LogP contribution < -0.4 is 5.32 Å². The topological polar surface area (TPSA) is 12.0 Å². The van der Waals surface area contributed by atoms with Crippen molar-refractivity contribution in [2.24, 2.45) is 0 Å². The molecule has 17 heavy (non-hydrogen) atoms. The maximum Gasteiger partial charge on any atom is 0.0222 e. The van der Waals surface area contributed by atoms with E-state index in [2.05, 4.69) is 76.8 Å². The second-order valence-corrected chi connectivity index (χ2v) is 6.34. The van der Waals surface area contributed by atoms with Crippen molar-refractivity contribution in [1.29, 1.82) is 0 Å². The second kappa shape index (κ2) is 5.98. The van der Waals surface area contributed by atoms with E-state index >= 15 is 0 Å². The van der Waals surface area contributed by atoms with Gasteiger partial charge in [0.15, 0.2) is 0 Å². The Morgan fingerprint density at radius 2 is 1.88 bits per heavy atom. The first-order valence-corrected chi connectivity index (χ1v) is 7.73. The van der Waals surface area contributed by atoms with Crippen molar-refractivity contribution in [2.45, 2.75) is 26.4 Å². The molecule has 0 saturated heterocycles. The van der Waals surface area contributed by atoms with E-state index in [1.165, 1.54) is 20.3 Å². The normalized spacial score (nSPS) is 11.1. The molecule has 0 amide bonds. The molecular formula is C14H16INS. The zero-order chi connectivity index (χ0) is 12.3. The van der Waals surface area contributed by atoms with Gasteiger partial charge in [-0.15, -0.1) is 0 Å². The van der Waals surface area contributed by atoms with Gasteiger partial charge < -0.3 is 5.32 Å². The van der Waals surface area contributed by atoms with E-state index in [1.54, 1.807) is 11.3 Å². The molecule has 0 saturated carbocycles. The van der Waals surface area contributed by atoms with Crippen LogP contribution in [0.4, 0.5) is 0 Å². The number of nitrogens with one attached hydrogen (secondary N) is 1. The average molecular weight is 357 g/mol. The minimum Gasteiger partial charge on any atom is -0.310 e. The lowest BCUT2D eigenvalue weighted by Gasteiger charge is -2.09. The van der Waals surface area contributed by atoms with Crippen LogP contribution in [0.1, 0.15) is 19.4 Å². The van der Waals surface area contributed by atoms with E-state index in [4.69, 9.17) is 0 Å². The number of benzene rings is 1. The summed E-state index contributed by atoms with van der Waals surface area (Å²) >= 11 is 4.11. The zero-order valence-electron chi connectivity index (χ0n) is 10.0. The van der Waals surface area contributed by atoms with Crippen LogP contribution in [-0.4, -0.2) is 6.04 Å². The van der Waals surface area contributed by atoms with Gasteiger partial charge in [-0.3, -0.25) is 0 Å². The molecule has 2 rings (SSSR count). The fourth-order valence-electron chi connectivity index (χ4n) is 1.66. The number of thiophene rings is 1. The van der Waals surface area contributed by atoms with Crippen LogP contribution in [0.2, 0.25) is 0 Å². The van der Waals surface area contributed by atoms with Gasteiger partial charge in [-0.25, -0.2) is 0 Å². The number of halogens is 1. The van der Waals surface area contributed by atoms with Crippen molar-refractivity contribution in [1.82, 2.24) is 5.32 Å². The Labute approximate surface area is 120 Å². The van der Waals surface area contributed by atoms with E-state index in [-0.39, 0.29) is 0 Å². The molecule has 0 aliphatic heterocycles. The molecule has 0 radical (unpaired) electrons. The Bertz CT molecular complexity index is 473. The second-order valence-electron chi connectivity index (χ2n) is 4.35. The van der Waals surface area contributed by atoms with E-state index in [1.807, 2.05) is 0 Å². The molecule has 1 nitrogen and oxygen atoms in total. The van der Waals surface area contributed by atoms with Crippen LogP contribution in [0.3, 0.4) is 0 Å². The summed E-state index contributed by atoms with van der Waals surface area (Å²) in [5.74, 6) is 0. The highest BCUT2D eigenvalue weighted by Crippen LogP contribution is 2.27. The Balaban J connectivity index is 2.21. The molecule has 0 spiro atoms. The summed E-state index contributed by atoms with van der Waals surface area (Å²) in [6, 6.07) is 9.24. The molecule has 0 bridgehead atoms. The van der Waals surface area contributed by atoms with E-state index < -0.39 is 0 Å². The lowest BCUT2D eigenvalue weighted by molar-refractivity contribution is 0.590. The molecule has 1 heterocycles. The highest BCUT2D eigenvalue weighted by atomic mass is 127. The Kier molecular flexibility index (Phi) is 4.59. The summed E-state index contributed by atoms with van der Waals surface area (Å²) in [6.07, 6.45) is 0. The van der Waals surface area contributed by atoms with Gasteiger partial charge in [0.05, 0.1) is 0 Å². The van der Waals surface area contributed by atoms with Gasteiger partial charge in [0, 0.05) is 16.2 Å². The molecule has 0 atom stereocenters. The largest absolute Gasteiger partial charge is 0.310 e. The predicted molar refractivity (Wildman–Crippen MR) is 84.4 cm³/mol. The zero-order valence-corrected chi connectivity index (χ0v) is 13.0. The van der Waals surface area contributed by atoms with Crippen molar-refractivity contribution in [2.75, 3.05) is 0 Å². The summed E-state index contributed by atoms with van der Waals surface area (Å²) < 4.78 is 1.28. The molecule has 0 fully saturated rings. The lowest BCUT2D eigenvalue weighted by Crippen LogP contribution is -2.21. The predicted octanol–water partition coefficient (Wildman–Crippen LogP) is 4.52. The van der Waals surface area contributed by atoms with Gasteiger partial charge in [0.1, 0.15) is 0 Å². The molecule has 0 aliphatic rings. The van der Waals surface area contributed by atoms with Crippen LogP contribution in [0, 0.1) is 3.57 Å². The Morgan fingerprint density at radius 1 is 1.18 bits per heavy atom. The van der Waals surface area contributed by atoms with Crippen LogP contribution in [0.25, 0.3) is 11.1 Å². The van der Waals surface area contributed by atoms with Crippen molar-refractivity contribution in [3.63, 3.8) is 0 Å². The molecule has 1 aromatic heterocycles. The Morgan fingerprint density at radius 3 is 2.53 bits per heavy atom. The van der Waals surface area contributed by atoms with E-state index in [0.717, 1.165) is 6.54 Å². The van der Waals surface area contributed by atoms with Crippen LogP contribution in [0.15, 0.2) is 35.0 Å². The summed E-state index contributed by atoms with van der Waals surface area (Å²) in [4.78, 5) is 0. The number of hydrogen-bond donors (Lipinski definition) is 1. The van der Waals surface area contributed by atoms with Gasteiger partial charge in [-0.1, -0.05) is 26.0 Å². The van der Waals surface area contributed by atoms with Crippen molar-refractivity contribution >= 4 is 33.9 Å². The smallest absolute Gasteiger partial charge is 0.0222 e. The Hall–Kier alpha value is -0.390. The molecular weight excluding hydrogens is 341 g/mol. The van der Waals surface area contributed by atoms with Gasteiger partial charge in [-0.2, -0.15) is 11.3 Å². The fourth-order valence-corrected chi connectivity index (χ4v) is 2.88. The molecule has 90 valence electrons. The standard InChI is InChI=1S/C14H16INS/c1-10(2)16-7-12-8-17-9-14(12)11-3-5-13(15)6-4-11/h3-6,8-10,16H,7H2,1-2H3. The van der Waals surface area contributed by atoms with Gasteiger partial charge in [0.25, 0.3) is 0 Å². The monoisotopic (exact) mass is 357 g/mol. The molecule has 3 heteroatoms. The van der Waals surface area contributed by atoms with E-state index in [9.17, 15) is 0 Å². The van der Waals surface area contributed by atoms with Crippen molar-refractivity contribution < 1.29 is 0 Å². The third-order valence-electron chi connectivity index (χ3n) is 2.60. The quantitative estimate of drug-likeness (QED) is 0.794. The third-order valence-corrected chi connectivity index (χ3v) is 4.11. The van der Waals surface area contributed by atoms with Crippen LogP contribution >= 0.6 is 33.9 Å². The molecule has 1 aromatic carbocycles. The highest BCUT2D eigenvalue weighted by molar-refractivity contribution is 14.1. The summed E-state index contributed by atoms with van der Waals surface area (Å²) in [6.45, 7) is 5.30. The van der Waals surface area contributed by atoms with Gasteiger partial charge >= 0.3 is 0 Å². The van der Waals surface area contributed by atoms with Crippen LogP contribution in [0.5, 0.6) is 0 Å².